The van der Waals surface area contributed by atoms with E-state index < -0.39 is 11.9 Å². The highest BCUT2D eigenvalue weighted by atomic mass is 19.4. The zero-order valence-electron chi connectivity index (χ0n) is 15.1. The molecule has 0 unspecified atom stereocenters. The summed E-state index contributed by atoms with van der Waals surface area (Å²) >= 11 is 0. The first-order chi connectivity index (χ1) is 13.3. The van der Waals surface area contributed by atoms with Crippen molar-refractivity contribution in [2.45, 2.75) is 25.1 Å². The summed E-state index contributed by atoms with van der Waals surface area (Å²) in [5, 5.41) is 2.79. The number of likely N-dealkylation sites (tertiary alicyclic amines) is 1. The van der Waals surface area contributed by atoms with Crippen LogP contribution in [0.1, 0.15) is 18.5 Å². The lowest BCUT2D eigenvalue weighted by molar-refractivity contribution is -0.141. The number of amides is 2. The smallest absolute Gasteiger partial charge is 0.433 e. The van der Waals surface area contributed by atoms with Crippen molar-refractivity contribution < 1.29 is 27.4 Å². The van der Waals surface area contributed by atoms with E-state index in [2.05, 4.69) is 15.3 Å². The number of nitrogens with zero attached hydrogens (tertiary/aromatic N) is 3. The lowest BCUT2D eigenvalue weighted by Gasteiger charge is -2.31. The van der Waals surface area contributed by atoms with Crippen molar-refractivity contribution >= 4 is 11.7 Å². The fraction of sp³-hybridized carbons (Fsp3) is 0.389. The molecule has 1 fully saturated rings. The van der Waals surface area contributed by atoms with Crippen molar-refractivity contribution in [1.29, 1.82) is 0 Å². The van der Waals surface area contributed by atoms with Crippen LogP contribution in [-0.2, 0) is 6.18 Å². The van der Waals surface area contributed by atoms with Gasteiger partial charge >= 0.3 is 18.2 Å². The molecule has 2 heterocycles. The number of alkyl halides is 3. The zero-order chi connectivity index (χ0) is 20.1. The van der Waals surface area contributed by atoms with Gasteiger partial charge in [0.25, 0.3) is 0 Å². The molecule has 1 saturated heterocycles. The summed E-state index contributed by atoms with van der Waals surface area (Å²) in [7, 11) is 1.54. The van der Waals surface area contributed by atoms with Crippen molar-refractivity contribution in [3.05, 3.63) is 42.2 Å². The maximum atomic E-state index is 12.7. The van der Waals surface area contributed by atoms with Crippen LogP contribution in [0.15, 0.2) is 36.5 Å². The van der Waals surface area contributed by atoms with E-state index in [0.717, 1.165) is 12.3 Å². The fourth-order valence-electron chi connectivity index (χ4n) is 2.78. The summed E-state index contributed by atoms with van der Waals surface area (Å²) in [6.45, 7) is 0.804. The van der Waals surface area contributed by atoms with Crippen molar-refractivity contribution in [3.8, 4) is 11.8 Å². The molecule has 1 aromatic carbocycles. The molecule has 7 nitrogen and oxygen atoms in total. The Labute approximate surface area is 159 Å². The standard InChI is InChI=1S/C18H19F3N4O3/c1-27-14-4-2-3-12(11-14)23-17(26)25-9-6-13(7-10-25)28-16-22-8-5-15(24-16)18(19,20)21/h2-5,8,11,13H,6-7,9-10H2,1H3,(H,23,26). The van der Waals surface area contributed by atoms with Crippen LogP contribution in [-0.4, -0.2) is 47.2 Å². The Balaban J connectivity index is 1.52. The number of aromatic nitrogens is 2. The molecule has 0 atom stereocenters. The molecule has 1 aliphatic rings. The molecule has 0 radical (unpaired) electrons. The van der Waals surface area contributed by atoms with Gasteiger partial charge in [-0.05, 0) is 18.2 Å². The number of carbonyl (C=O) groups excluding carboxylic acids is 1. The quantitative estimate of drug-likeness (QED) is 0.855. The first-order valence-corrected chi connectivity index (χ1v) is 8.62. The van der Waals surface area contributed by atoms with Crippen LogP contribution >= 0.6 is 0 Å². The Morgan fingerprint density at radius 3 is 2.68 bits per heavy atom. The van der Waals surface area contributed by atoms with Gasteiger partial charge in [-0.25, -0.2) is 9.78 Å². The molecule has 1 aromatic heterocycles. The molecule has 0 aliphatic carbocycles. The van der Waals surface area contributed by atoms with Crippen LogP contribution in [0, 0.1) is 0 Å². The van der Waals surface area contributed by atoms with Crippen LogP contribution in [0.3, 0.4) is 0 Å². The van der Waals surface area contributed by atoms with E-state index >= 15 is 0 Å². The average molecular weight is 396 g/mol. The maximum absolute atomic E-state index is 12.7. The molecule has 0 bridgehead atoms. The lowest BCUT2D eigenvalue weighted by Crippen LogP contribution is -2.43. The molecular formula is C18H19F3N4O3. The minimum atomic E-state index is -4.55. The number of halogens is 3. The zero-order valence-corrected chi connectivity index (χ0v) is 15.1. The molecule has 2 amide bonds. The second-order valence-electron chi connectivity index (χ2n) is 6.19. The van der Waals surface area contributed by atoms with E-state index in [1.54, 1.807) is 36.3 Å². The second-order valence-corrected chi connectivity index (χ2v) is 6.19. The second kappa shape index (κ2) is 8.32. The van der Waals surface area contributed by atoms with E-state index in [-0.39, 0.29) is 18.1 Å². The van der Waals surface area contributed by atoms with Crippen molar-refractivity contribution in [1.82, 2.24) is 14.9 Å². The van der Waals surface area contributed by atoms with Gasteiger partial charge in [0.1, 0.15) is 11.9 Å². The number of piperidine rings is 1. The predicted molar refractivity (Wildman–Crippen MR) is 94.3 cm³/mol. The first-order valence-electron chi connectivity index (χ1n) is 8.62. The summed E-state index contributed by atoms with van der Waals surface area (Å²) in [5.74, 6) is 0.631. The number of ether oxygens (including phenoxy) is 2. The highest BCUT2D eigenvalue weighted by Crippen LogP contribution is 2.28. The van der Waals surface area contributed by atoms with E-state index in [0.29, 0.717) is 37.4 Å². The highest BCUT2D eigenvalue weighted by molar-refractivity contribution is 5.89. The van der Waals surface area contributed by atoms with Gasteiger partial charge in [-0.15, -0.1) is 0 Å². The number of methoxy groups -OCH3 is 1. The lowest BCUT2D eigenvalue weighted by atomic mass is 10.1. The number of hydrogen-bond acceptors (Lipinski definition) is 5. The van der Waals surface area contributed by atoms with Crippen molar-refractivity contribution in [3.63, 3.8) is 0 Å². The highest BCUT2D eigenvalue weighted by Gasteiger charge is 2.33. The monoisotopic (exact) mass is 396 g/mol. The van der Waals surface area contributed by atoms with Gasteiger partial charge in [0.2, 0.25) is 0 Å². The van der Waals surface area contributed by atoms with Gasteiger partial charge < -0.3 is 19.7 Å². The molecule has 10 heteroatoms. The van der Waals surface area contributed by atoms with Gasteiger partial charge in [-0.2, -0.15) is 18.2 Å². The molecule has 1 aliphatic heterocycles. The number of benzene rings is 1. The van der Waals surface area contributed by atoms with Crippen LogP contribution in [0.2, 0.25) is 0 Å². The fourth-order valence-corrected chi connectivity index (χ4v) is 2.78. The predicted octanol–water partition coefficient (Wildman–Crippen LogP) is 3.58. The summed E-state index contributed by atoms with van der Waals surface area (Å²) in [6.07, 6.45) is -2.97. The number of urea groups is 1. The maximum Gasteiger partial charge on any atom is 0.433 e. The molecule has 0 saturated carbocycles. The molecular weight excluding hydrogens is 377 g/mol. The third kappa shape index (κ3) is 5.02. The van der Waals surface area contributed by atoms with Gasteiger partial charge in [-0.3, -0.25) is 0 Å². The first kappa shape index (κ1) is 19.7. The molecule has 150 valence electrons. The third-order valence-corrected chi connectivity index (χ3v) is 4.25. The summed E-state index contributed by atoms with van der Waals surface area (Å²) in [4.78, 5) is 21.1. The Hall–Kier alpha value is -3.04. The molecule has 28 heavy (non-hydrogen) atoms. The van der Waals surface area contributed by atoms with E-state index in [9.17, 15) is 18.0 Å². The molecule has 1 N–H and O–H groups in total. The molecule has 0 spiro atoms. The summed E-state index contributed by atoms with van der Waals surface area (Å²) in [5.41, 5.74) is -0.437. The van der Waals surface area contributed by atoms with Crippen LogP contribution in [0.5, 0.6) is 11.8 Å². The van der Waals surface area contributed by atoms with Gasteiger partial charge in [0, 0.05) is 43.9 Å². The normalized spacial score (nSPS) is 15.2. The van der Waals surface area contributed by atoms with Crippen molar-refractivity contribution in [2.24, 2.45) is 0 Å². The largest absolute Gasteiger partial charge is 0.497 e. The number of carbonyl (C=O) groups is 1. The van der Waals surface area contributed by atoms with Crippen LogP contribution < -0.4 is 14.8 Å². The third-order valence-electron chi connectivity index (χ3n) is 4.25. The Morgan fingerprint density at radius 2 is 2.00 bits per heavy atom. The SMILES string of the molecule is COc1cccc(NC(=O)N2CCC(Oc3nccc(C(F)(F)F)n3)CC2)c1. The van der Waals surface area contributed by atoms with E-state index in [1.807, 2.05) is 0 Å². The Morgan fingerprint density at radius 1 is 1.25 bits per heavy atom. The summed E-state index contributed by atoms with van der Waals surface area (Å²) < 4.78 is 48.7. The minimum absolute atomic E-state index is 0.262. The van der Waals surface area contributed by atoms with Crippen LogP contribution in [0.4, 0.5) is 23.7 Å². The van der Waals surface area contributed by atoms with E-state index in [4.69, 9.17) is 9.47 Å². The number of anilines is 1. The Kier molecular flexibility index (Phi) is 5.86. The van der Waals surface area contributed by atoms with Gasteiger partial charge in [0.05, 0.1) is 7.11 Å². The molecule has 2 aromatic rings. The number of rotatable bonds is 4. The number of nitrogens with one attached hydrogen (secondary N) is 1. The minimum Gasteiger partial charge on any atom is -0.497 e. The van der Waals surface area contributed by atoms with E-state index in [1.165, 1.54) is 0 Å². The van der Waals surface area contributed by atoms with Gasteiger partial charge in [-0.1, -0.05) is 6.07 Å². The summed E-state index contributed by atoms with van der Waals surface area (Å²) in [6, 6.07) is 7.21. The Bertz CT molecular complexity index is 824. The van der Waals surface area contributed by atoms with Crippen LogP contribution in [0.25, 0.3) is 0 Å². The topological polar surface area (TPSA) is 76.6 Å². The molecule has 3 rings (SSSR count). The van der Waals surface area contributed by atoms with Crippen molar-refractivity contribution in [2.75, 3.05) is 25.5 Å². The van der Waals surface area contributed by atoms with Gasteiger partial charge in [0.15, 0.2) is 5.69 Å². The average Bonchev–Trinajstić information content (AvgIpc) is 2.68. The number of hydrogen-bond donors (Lipinski definition) is 1.